The zero-order chi connectivity index (χ0) is 10.3. The van der Waals surface area contributed by atoms with Crippen molar-refractivity contribution in [2.45, 2.75) is 6.92 Å². The maximum Gasteiger partial charge on any atom is 0.373 e. The number of carbonyl (C=O) groups excluding carboxylic acids is 2. The van der Waals surface area contributed by atoms with Gasteiger partial charge in [0.2, 0.25) is 0 Å². The molecule has 0 aliphatic carbocycles. The van der Waals surface area contributed by atoms with Gasteiger partial charge < -0.3 is 0 Å². The van der Waals surface area contributed by atoms with E-state index in [9.17, 15) is 4.39 Å². The standard InChI is InChI=1S/C8H8FN.CO2/c1-3-7-4-6(2)10-5-8(7)9;2-1-3/h3-5H,1H2,2H3;. The van der Waals surface area contributed by atoms with Gasteiger partial charge in [0.05, 0.1) is 6.20 Å². The van der Waals surface area contributed by atoms with Crippen LogP contribution in [0.1, 0.15) is 11.3 Å². The summed E-state index contributed by atoms with van der Waals surface area (Å²) in [6, 6.07) is 1.66. The Kier molecular flexibility index (Phi) is 5.00. The number of pyridine rings is 1. The summed E-state index contributed by atoms with van der Waals surface area (Å²) in [4.78, 5) is 20.0. The van der Waals surface area contributed by atoms with Crippen molar-refractivity contribution < 1.29 is 14.0 Å². The highest BCUT2D eigenvalue weighted by atomic mass is 19.1. The van der Waals surface area contributed by atoms with Gasteiger partial charge in [0.25, 0.3) is 0 Å². The van der Waals surface area contributed by atoms with Crippen molar-refractivity contribution in [1.82, 2.24) is 4.98 Å². The summed E-state index contributed by atoms with van der Waals surface area (Å²) in [5.41, 5.74) is 1.31. The maximum atomic E-state index is 12.6. The van der Waals surface area contributed by atoms with Gasteiger partial charge in [-0.2, -0.15) is 9.59 Å². The van der Waals surface area contributed by atoms with E-state index in [0.29, 0.717) is 5.56 Å². The fourth-order valence-corrected chi connectivity index (χ4v) is 0.721. The quantitative estimate of drug-likeness (QED) is 0.660. The molecule has 68 valence electrons. The first-order valence-electron chi connectivity index (χ1n) is 3.39. The molecule has 3 nitrogen and oxygen atoms in total. The Hall–Kier alpha value is -1.80. The van der Waals surface area contributed by atoms with E-state index in [1.165, 1.54) is 12.3 Å². The topological polar surface area (TPSA) is 47.0 Å². The average Bonchev–Trinajstić information content (AvgIpc) is 2.10. The fraction of sp³-hybridized carbons (Fsp3) is 0.111. The number of nitrogens with zero attached hydrogens (tertiary/aromatic N) is 1. The SMILES string of the molecule is C=Cc1cc(C)ncc1F.O=C=O. The molecule has 0 spiro atoms. The molecule has 0 fully saturated rings. The van der Waals surface area contributed by atoms with E-state index >= 15 is 0 Å². The molecule has 1 rings (SSSR count). The minimum absolute atomic E-state index is 0.250. The third-order valence-corrected chi connectivity index (χ3v) is 1.24. The van der Waals surface area contributed by atoms with Crippen LogP contribution in [0.4, 0.5) is 4.39 Å². The van der Waals surface area contributed by atoms with E-state index in [4.69, 9.17) is 9.59 Å². The summed E-state index contributed by atoms with van der Waals surface area (Å²) in [5, 5.41) is 0. The number of aryl methyl sites for hydroxylation is 1. The first-order valence-corrected chi connectivity index (χ1v) is 3.39. The molecule has 0 unspecified atom stereocenters. The van der Waals surface area contributed by atoms with Crippen molar-refractivity contribution in [3.63, 3.8) is 0 Å². The number of halogens is 1. The lowest BCUT2D eigenvalue weighted by Crippen LogP contribution is -1.86. The zero-order valence-corrected chi connectivity index (χ0v) is 7.08. The summed E-state index contributed by atoms with van der Waals surface area (Å²) in [7, 11) is 0. The van der Waals surface area contributed by atoms with Gasteiger partial charge in [-0.1, -0.05) is 12.7 Å². The molecule has 1 aromatic rings. The Morgan fingerprint density at radius 1 is 1.62 bits per heavy atom. The van der Waals surface area contributed by atoms with Crippen LogP contribution in [0.2, 0.25) is 0 Å². The van der Waals surface area contributed by atoms with Crippen LogP contribution in [-0.4, -0.2) is 11.1 Å². The fourth-order valence-electron chi connectivity index (χ4n) is 0.721. The normalized spacial score (nSPS) is 7.85. The summed E-state index contributed by atoms with van der Waals surface area (Å²) < 4.78 is 12.6. The first kappa shape index (κ1) is 11.2. The van der Waals surface area contributed by atoms with Gasteiger partial charge in [-0.25, -0.2) is 4.39 Å². The van der Waals surface area contributed by atoms with E-state index in [2.05, 4.69) is 11.6 Å². The van der Waals surface area contributed by atoms with E-state index in [1.807, 2.05) is 6.92 Å². The Morgan fingerprint density at radius 3 is 2.54 bits per heavy atom. The third kappa shape index (κ3) is 3.94. The molecule has 0 N–H and O–H groups in total. The monoisotopic (exact) mass is 181 g/mol. The summed E-state index contributed by atoms with van der Waals surface area (Å²) >= 11 is 0. The van der Waals surface area contributed by atoms with E-state index in [-0.39, 0.29) is 12.0 Å². The van der Waals surface area contributed by atoms with Gasteiger partial charge >= 0.3 is 6.15 Å². The van der Waals surface area contributed by atoms with Gasteiger partial charge in [-0.05, 0) is 13.0 Å². The Morgan fingerprint density at radius 2 is 2.15 bits per heavy atom. The molecule has 0 aliphatic heterocycles. The molecule has 0 bridgehead atoms. The summed E-state index contributed by atoms with van der Waals surface area (Å²) in [6.45, 7) is 5.28. The van der Waals surface area contributed by atoms with Crippen LogP contribution >= 0.6 is 0 Å². The average molecular weight is 181 g/mol. The van der Waals surface area contributed by atoms with Gasteiger partial charge in [-0.15, -0.1) is 0 Å². The highest BCUT2D eigenvalue weighted by Gasteiger charge is 1.96. The van der Waals surface area contributed by atoms with Crippen molar-refractivity contribution in [2.24, 2.45) is 0 Å². The number of aromatic nitrogens is 1. The second-order valence-corrected chi connectivity index (χ2v) is 2.13. The molecule has 0 saturated carbocycles. The van der Waals surface area contributed by atoms with Crippen molar-refractivity contribution in [3.05, 3.63) is 35.9 Å². The second-order valence-electron chi connectivity index (χ2n) is 2.13. The molecule has 0 aromatic carbocycles. The molecular weight excluding hydrogens is 173 g/mol. The lowest BCUT2D eigenvalue weighted by Gasteiger charge is -1.95. The van der Waals surface area contributed by atoms with Gasteiger partial charge in [0.1, 0.15) is 5.82 Å². The predicted molar refractivity (Wildman–Crippen MR) is 44.0 cm³/mol. The molecule has 0 atom stereocenters. The van der Waals surface area contributed by atoms with E-state index in [1.54, 1.807) is 6.07 Å². The van der Waals surface area contributed by atoms with Crippen molar-refractivity contribution in [2.75, 3.05) is 0 Å². The van der Waals surface area contributed by atoms with Crippen LogP contribution in [0.25, 0.3) is 6.08 Å². The van der Waals surface area contributed by atoms with Crippen LogP contribution in [0.5, 0.6) is 0 Å². The first-order chi connectivity index (χ1) is 6.15. The lowest BCUT2D eigenvalue weighted by atomic mass is 10.2. The molecule has 13 heavy (non-hydrogen) atoms. The predicted octanol–water partition coefficient (Wildman–Crippen LogP) is 1.59. The minimum atomic E-state index is -0.319. The van der Waals surface area contributed by atoms with Crippen LogP contribution in [-0.2, 0) is 9.59 Å². The summed E-state index contributed by atoms with van der Waals surface area (Å²) in [5.74, 6) is -0.319. The van der Waals surface area contributed by atoms with Crippen LogP contribution in [0, 0.1) is 12.7 Å². The number of rotatable bonds is 1. The molecule has 1 aromatic heterocycles. The van der Waals surface area contributed by atoms with Gasteiger partial charge in [-0.3, -0.25) is 4.98 Å². The smallest absolute Gasteiger partial charge is 0.259 e. The van der Waals surface area contributed by atoms with Crippen molar-refractivity contribution >= 4 is 12.2 Å². The van der Waals surface area contributed by atoms with Crippen molar-refractivity contribution in [1.29, 1.82) is 0 Å². The van der Waals surface area contributed by atoms with Crippen LogP contribution in [0.15, 0.2) is 18.8 Å². The van der Waals surface area contributed by atoms with E-state index < -0.39 is 0 Å². The highest BCUT2D eigenvalue weighted by Crippen LogP contribution is 2.07. The highest BCUT2D eigenvalue weighted by molar-refractivity contribution is 5.47. The van der Waals surface area contributed by atoms with Gasteiger partial charge in [0.15, 0.2) is 0 Å². The molecule has 0 amide bonds. The second kappa shape index (κ2) is 5.80. The van der Waals surface area contributed by atoms with Crippen LogP contribution in [0.3, 0.4) is 0 Å². The largest absolute Gasteiger partial charge is 0.373 e. The summed E-state index contributed by atoms with van der Waals surface area (Å²) in [6.07, 6.45) is 2.93. The van der Waals surface area contributed by atoms with Crippen molar-refractivity contribution in [3.8, 4) is 0 Å². The molecule has 4 heteroatoms. The zero-order valence-electron chi connectivity index (χ0n) is 7.08. The molecule has 1 heterocycles. The molecule has 0 saturated heterocycles. The Labute approximate surface area is 74.9 Å². The third-order valence-electron chi connectivity index (χ3n) is 1.24. The van der Waals surface area contributed by atoms with Gasteiger partial charge in [0, 0.05) is 11.3 Å². The number of hydrogen-bond acceptors (Lipinski definition) is 3. The molecule has 0 aliphatic rings. The van der Waals surface area contributed by atoms with E-state index in [0.717, 1.165) is 5.69 Å². The Balaban J connectivity index is 0.000000424. The molecule has 0 radical (unpaired) electrons. The lowest BCUT2D eigenvalue weighted by molar-refractivity contribution is -0.191. The van der Waals surface area contributed by atoms with Crippen LogP contribution < -0.4 is 0 Å². The maximum absolute atomic E-state index is 12.6. The molecular formula is C9H8FNO2. The Bertz CT molecular complexity index is 330. The minimum Gasteiger partial charge on any atom is -0.259 e. The number of hydrogen-bond donors (Lipinski definition) is 0.